The van der Waals surface area contributed by atoms with Crippen LogP contribution in [0.15, 0.2) is 30.5 Å². The molecule has 0 aliphatic rings. The Bertz CT molecular complexity index is 858. The van der Waals surface area contributed by atoms with Crippen molar-refractivity contribution >= 4 is 38.7 Å². The molecule has 0 unspecified atom stereocenters. The van der Waals surface area contributed by atoms with Gasteiger partial charge in [-0.25, -0.2) is 9.78 Å². The molecule has 2 heterocycles. The summed E-state index contributed by atoms with van der Waals surface area (Å²) in [5, 5.41) is 10.9. The van der Waals surface area contributed by atoms with Crippen LogP contribution in [0.4, 0.5) is 0 Å². The summed E-state index contributed by atoms with van der Waals surface area (Å²) in [5.74, 6) is -0.347. The molecule has 0 N–H and O–H groups in total. The molecule has 0 spiro atoms. The molecule has 21 heavy (non-hydrogen) atoms. The van der Waals surface area contributed by atoms with E-state index in [1.54, 1.807) is 13.0 Å². The Hall–Kier alpha value is -2.23. The average Bonchev–Trinajstić information content (AvgIpc) is 3.13. The third-order valence-electron chi connectivity index (χ3n) is 2.86. The molecule has 0 saturated carbocycles. The highest BCUT2D eigenvalue weighted by Crippen LogP contribution is 2.37. The van der Waals surface area contributed by atoms with Crippen molar-refractivity contribution < 1.29 is 9.53 Å². The Morgan fingerprint density at radius 1 is 1.43 bits per heavy atom. The predicted molar refractivity (Wildman–Crippen MR) is 83.6 cm³/mol. The third kappa shape index (κ3) is 2.53. The summed E-state index contributed by atoms with van der Waals surface area (Å²) >= 11 is 2.82. The summed E-state index contributed by atoms with van der Waals surface area (Å²) in [6.45, 7) is 2.12. The van der Waals surface area contributed by atoms with E-state index in [0.717, 1.165) is 20.0 Å². The highest BCUT2D eigenvalue weighted by atomic mass is 32.1. The molecule has 0 fully saturated rings. The van der Waals surface area contributed by atoms with Crippen molar-refractivity contribution in [1.29, 1.82) is 5.26 Å². The van der Waals surface area contributed by atoms with E-state index >= 15 is 0 Å². The van der Waals surface area contributed by atoms with Gasteiger partial charge in [-0.15, -0.1) is 22.7 Å². The number of thiophene rings is 1. The number of benzene rings is 1. The van der Waals surface area contributed by atoms with Crippen LogP contribution in [0.5, 0.6) is 0 Å². The maximum atomic E-state index is 11.7. The predicted octanol–water partition coefficient (Wildman–Crippen LogP) is 4.07. The van der Waals surface area contributed by atoms with E-state index in [9.17, 15) is 4.79 Å². The highest BCUT2D eigenvalue weighted by Gasteiger charge is 2.15. The molecule has 0 aliphatic carbocycles. The summed E-state index contributed by atoms with van der Waals surface area (Å²) in [6.07, 6.45) is 1.54. The standard InChI is InChI=1S/C15H10N2O2S2/c1-2-19-15(18)12-8-17-14(21-12)11-6-9-4-3-5-10(7-16)13(9)20-11/h3-6,8H,2H2,1H3. The van der Waals surface area contributed by atoms with Gasteiger partial charge in [-0.1, -0.05) is 12.1 Å². The molecular formula is C15H10N2O2S2. The van der Waals surface area contributed by atoms with Gasteiger partial charge in [0.05, 0.1) is 27.9 Å². The van der Waals surface area contributed by atoms with E-state index < -0.39 is 0 Å². The minimum atomic E-state index is -0.347. The fourth-order valence-corrected chi connectivity index (χ4v) is 3.93. The lowest BCUT2D eigenvalue weighted by Gasteiger charge is -1.95. The van der Waals surface area contributed by atoms with Crippen molar-refractivity contribution in [2.75, 3.05) is 6.61 Å². The lowest BCUT2D eigenvalue weighted by atomic mass is 10.2. The number of nitrogens with zero attached hydrogens (tertiary/aromatic N) is 2. The number of hydrogen-bond donors (Lipinski definition) is 0. The van der Waals surface area contributed by atoms with Crippen LogP contribution in [0.25, 0.3) is 20.0 Å². The average molecular weight is 314 g/mol. The minimum absolute atomic E-state index is 0.347. The van der Waals surface area contributed by atoms with Gasteiger partial charge in [-0.3, -0.25) is 0 Å². The maximum Gasteiger partial charge on any atom is 0.349 e. The number of ether oxygens (including phenoxy) is 1. The second-order valence-corrected chi connectivity index (χ2v) is 6.28. The number of thiazole rings is 1. The van der Waals surface area contributed by atoms with Crippen LogP contribution < -0.4 is 0 Å². The lowest BCUT2D eigenvalue weighted by Crippen LogP contribution is -2.01. The SMILES string of the molecule is CCOC(=O)c1cnc(-c2cc3cccc(C#N)c3s2)s1. The van der Waals surface area contributed by atoms with Crippen LogP contribution in [-0.2, 0) is 4.74 Å². The second kappa shape index (κ2) is 5.64. The van der Waals surface area contributed by atoms with Crippen LogP contribution in [-0.4, -0.2) is 17.6 Å². The van der Waals surface area contributed by atoms with Crippen LogP contribution in [0, 0.1) is 11.3 Å². The zero-order chi connectivity index (χ0) is 14.8. The Morgan fingerprint density at radius 3 is 3.05 bits per heavy atom. The number of carbonyl (C=O) groups excluding carboxylic acids is 1. The van der Waals surface area contributed by atoms with Gasteiger partial charge in [0.1, 0.15) is 16.0 Å². The number of rotatable bonds is 3. The number of nitriles is 1. The van der Waals surface area contributed by atoms with Gasteiger partial charge in [0, 0.05) is 0 Å². The normalized spacial score (nSPS) is 10.5. The first-order valence-electron chi connectivity index (χ1n) is 6.29. The van der Waals surface area contributed by atoms with E-state index in [1.807, 2.05) is 18.2 Å². The van der Waals surface area contributed by atoms with Gasteiger partial charge in [-0.2, -0.15) is 5.26 Å². The van der Waals surface area contributed by atoms with Crippen LogP contribution >= 0.6 is 22.7 Å². The monoisotopic (exact) mass is 314 g/mol. The number of aromatic nitrogens is 1. The van der Waals surface area contributed by atoms with Crippen LogP contribution in [0.1, 0.15) is 22.2 Å². The largest absolute Gasteiger partial charge is 0.462 e. The molecule has 0 bridgehead atoms. The molecule has 4 nitrogen and oxygen atoms in total. The smallest absolute Gasteiger partial charge is 0.349 e. The van der Waals surface area contributed by atoms with Gasteiger partial charge in [-0.05, 0) is 24.4 Å². The van der Waals surface area contributed by atoms with Gasteiger partial charge >= 0.3 is 5.97 Å². The number of hydrogen-bond acceptors (Lipinski definition) is 6. The second-order valence-electron chi connectivity index (χ2n) is 4.20. The lowest BCUT2D eigenvalue weighted by molar-refractivity contribution is 0.0532. The Morgan fingerprint density at radius 2 is 2.29 bits per heavy atom. The molecule has 0 aliphatic heterocycles. The number of fused-ring (bicyclic) bond motifs is 1. The van der Waals surface area contributed by atoms with Gasteiger partial charge in [0.25, 0.3) is 0 Å². The molecule has 0 saturated heterocycles. The fourth-order valence-electron chi connectivity index (χ4n) is 1.94. The van der Waals surface area contributed by atoms with E-state index in [0.29, 0.717) is 17.0 Å². The van der Waals surface area contributed by atoms with E-state index in [1.165, 1.54) is 28.9 Å². The van der Waals surface area contributed by atoms with E-state index in [4.69, 9.17) is 10.00 Å². The summed E-state index contributed by atoms with van der Waals surface area (Å²) in [7, 11) is 0. The summed E-state index contributed by atoms with van der Waals surface area (Å²) in [6, 6.07) is 9.82. The van der Waals surface area contributed by atoms with Crippen molar-refractivity contribution in [3.05, 3.63) is 40.9 Å². The van der Waals surface area contributed by atoms with Crippen molar-refractivity contribution in [2.24, 2.45) is 0 Å². The van der Waals surface area contributed by atoms with Crippen molar-refractivity contribution in [1.82, 2.24) is 4.98 Å². The first-order chi connectivity index (χ1) is 10.2. The molecular weight excluding hydrogens is 304 g/mol. The zero-order valence-electron chi connectivity index (χ0n) is 11.1. The molecule has 1 aromatic carbocycles. The van der Waals surface area contributed by atoms with Gasteiger partial charge in [0.2, 0.25) is 0 Å². The molecule has 3 aromatic rings. The molecule has 6 heteroatoms. The summed E-state index contributed by atoms with van der Waals surface area (Å²) in [5.41, 5.74) is 0.658. The molecule has 104 valence electrons. The first-order valence-corrected chi connectivity index (χ1v) is 7.92. The number of esters is 1. The topological polar surface area (TPSA) is 63.0 Å². The van der Waals surface area contributed by atoms with Crippen molar-refractivity contribution in [3.63, 3.8) is 0 Å². The quantitative estimate of drug-likeness (QED) is 0.684. The zero-order valence-corrected chi connectivity index (χ0v) is 12.8. The van der Waals surface area contributed by atoms with Crippen LogP contribution in [0.2, 0.25) is 0 Å². The molecule has 0 amide bonds. The van der Waals surface area contributed by atoms with Crippen molar-refractivity contribution in [2.45, 2.75) is 6.92 Å². The molecule has 0 atom stereocenters. The molecule has 2 aromatic heterocycles. The van der Waals surface area contributed by atoms with Gasteiger partial charge < -0.3 is 4.74 Å². The van der Waals surface area contributed by atoms with E-state index in [-0.39, 0.29) is 5.97 Å². The maximum absolute atomic E-state index is 11.7. The third-order valence-corrected chi connectivity index (χ3v) is 5.19. The Kier molecular flexibility index (Phi) is 3.69. The Balaban J connectivity index is 2.02. The minimum Gasteiger partial charge on any atom is -0.462 e. The fraction of sp³-hybridized carbons (Fsp3) is 0.133. The number of carbonyl (C=O) groups is 1. The van der Waals surface area contributed by atoms with Crippen molar-refractivity contribution in [3.8, 4) is 16.0 Å². The highest BCUT2D eigenvalue weighted by molar-refractivity contribution is 7.26. The van der Waals surface area contributed by atoms with Gasteiger partial charge in [0.15, 0.2) is 0 Å². The van der Waals surface area contributed by atoms with E-state index in [2.05, 4.69) is 11.1 Å². The Labute approximate surface area is 129 Å². The summed E-state index contributed by atoms with van der Waals surface area (Å²) in [4.78, 5) is 17.4. The molecule has 3 rings (SSSR count). The molecule has 0 radical (unpaired) electrons. The van der Waals surface area contributed by atoms with Crippen LogP contribution in [0.3, 0.4) is 0 Å². The first kappa shape index (κ1) is 13.7. The summed E-state index contributed by atoms with van der Waals surface area (Å²) < 4.78 is 5.91.